The maximum atomic E-state index is 13.5. The van der Waals surface area contributed by atoms with Gasteiger partial charge >= 0.3 is 0 Å². The Bertz CT molecular complexity index is 1160. The SMILES string of the molecule is O=C(N[C@H]1CCN(CCCC(c2ccc(F)cc2)c2ccc(F)cc2)C[C@@H]1O)c1ccc([N+](=O)[O-])cc1. The Morgan fingerprint density at radius 2 is 1.57 bits per heavy atom. The Hall–Kier alpha value is -3.69. The molecule has 1 saturated heterocycles. The van der Waals surface area contributed by atoms with E-state index in [-0.39, 0.29) is 29.1 Å². The number of nitrogens with one attached hydrogen (secondary N) is 1. The van der Waals surface area contributed by atoms with Crippen LogP contribution in [0.15, 0.2) is 72.8 Å². The minimum atomic E-state index is -0.749. The molecule has 1 aliphatic rings. The Balaban J connectivity index is 1.30. The third kappa shape index (κ3) is 6.96. The fourth-order valence-corrected chi connectivity index (χ4v) is 4.79. The average Bonchev–Trinajstić information content (AvgIpc) is 2.89. The summed E-state index contributed by atoms with van der Waals surface area (Å²) in [5, 5.41) is 24.3. The summed E-state index contributed by atoms with van der Waals surface area (Å²) in [4.78, 5) is 24.9. The Morgan fingerprint density at radius 3 is 2.08 bits per heavy atom. The van der Waals surface area contributed by atoms with E-state index in [9.17, 15) is 28.8 Å². The van der Waals surface area contributed by atoms with Crippen molar-refractivity contribution < 1.29 is 23.6 Å². The molecule has 0 radical (unpaired) electrons. The molecule has 0 unspecified atom stereocenters. The van der Waals surface area contributed by atoms with Crippen molar-refractivity contribution in [2.24, 2.45) is 0 Å². The number of likely N-dealkylation sites (tertiary alicyclic amines) is 1. The van der Waals surface area contributed by atoms with Gasteiger partial charge in [0, 0.05) is 36.7 Å². The number of carbonyl (C=O) groups is 1. The molecule has 1 heterocycles. The number of carbonyl (C=O) groups excluding carboxylic acids is 1. The summed E-state index contributed by atoms with van der Waals surface area (Å²) in [6.45, 7) is 1.84. The maximum Gasteiger partial charge on any atom is 0.269 e. The Morgan fingerprint density at radius 1 is 1.00 bits per heavy atom. The molecule has 3 aromatic rings. The zero-order valence-corrected chi connectivity index (χ0v) is 20.2. The summed E-state index contributed by atoms with van der Waals surface area (Å²) in [5.41, 5.74) is 2.13. The van der Waals surface area contributed by atoms with Crippen LogP contribution in [-0.4, -0.2) is 52.6 Å². The fraction of sp³-hybridized carbons (Fsp3) is 0.321. The molecule has 194 valence electrons. The van der Waals surface area contributed by atoms with Gasteiger partial charge < -0.3 is 15.3 Å². The predicted molar refractivity (Wildman–Crippen MR) is 135 cm³/mol. The number of hydrogen-bond donors (Lipinski definition) is 2. The fourth-order valence-electron chi connectivity index (χ4n) is 4.79. The molecule has 1 aliphatic heterocycles. The molecule has 0 saturated carbocycles. The number of non-ortho nitro benzene ring substituents is 1. The van der Waals surface area contributed by atoms with E-state index < -0.39 is 17.1 Å². The number of halogens is 2. The molecule has 2 atom stereocenters. The van der Waals surface area contributed by atoms with E-state index in [0.29, 0.717) is 25.1 Å². The maximum absolute atomic E-state index is 13.5. The summed E-state index contributed by atoms with van der Waals surface area (Å²) >= 11 is 0. The van der Waals surface area contributed by atoms with E-state index in [1.165, 1.54) is 48.5 Å². The zero-order valence-electron chi connectivity index (χ0n) is 20.2. The van der Waals surface area contributed by atoms with Crippen LogP contribution in [0.3, 0.4) is 0 Å². The van der Waals surface area contributed by atoms with Gasteiger partial charge in [-0.2, -0.15) is 0 Å². The van der Waals surface area contributed by atoms with Gasteiger partial charge in [0.25, 0.3) is 11.6 Å². The first-order valence-electron chi connectivity index (χ1n) is 12.3. The summed E-state index contributed by atoms with van der Waals surface area (Å²) in [6, 6.07) is 17.7. The van der Waals surface area contributed by atoms with Crippen LogP contribution >= 0.6 is 0 Å². The molecule has 0 bridgehead atoms. The summed E-state index contributed by atoms with van der Waals surface area (Å²) in [7, 11) is 0. The highest BCUT2D eigenvalue weighted by molar-refractivity contribution is 5.94. The van der Waals surface area contributed by atoms with Gasteiger partial charge in [-0.25, -0.2) is 8.78 Å². The van der Waals surface area contributed by atoms with E-state index in [1.54, 1.807) is 24.3 Å². The molecule has 1 amide bonds. The molecule has 7 nitrogen and oxygen atoms in total. The number of β-amino-alcohol motifs (C(OH)–C–C–N with tert-alkyl or cyclic N) is 1. The molecular weight excluding hydrogens is 480 g/mol. The zero-order chi connectivity index (χ0) is 26.4. The standard InChI is InChI=1S/C28H29F2N3O4/c29-22-9-3-19(4-10-22)25(20-5-11-23(30)12-6-20)2-1-16-32-17-15-26(27(34)18-32)31-28(35)21-7-13-24(14-8-21)33(36)37/h3-14,25-27,34H,1-2,15-18H2,(H,31,35)/t26-,27-/m0/s1. The van der Waals surface area contributed by atoms with E-state index >= 15 is 0 Å². The molecule has 1 fully saturated rings. The molecule has 0 spiro atoms. The van der Waals surface area contributed by atoms with Crippen LogP contribution in [0.5, 0.6) is 0 Å². The van der Waals surface area contributed by atoms with Gasteiger partial charge in [0.05, 0.1) is 17.1 Å². The van der Waals surface area contributed by atoms with Crippen molar-refractivity contribution >= 4 is 11.6 Å². The third-order valence-electron chi connectivity index (χ3n) is 6.83. The third-order valence-corrected chi connectivity index (χ3v) is 6.83. The number of nitrogens with zero attached hydrogens (tertiary/aromatic N) is 2. The average molecular weight is 510 g/mol. The number of nitro benzene ring substituents is 1. The second-order valence-electron chi connectivity index (χ2n) is 9.34. The lowest BCUT2D eigenvalue weighted by atomic mass is 9.87. The molecule has 0 aliphatic carbocycles. The number of aliphatic hydroxyl groups is 1. The van der Waals surface area contributed by atoms with Crippen LogP contribution in [0, 0.1) is 21.7 Å². The van der Waals surface area contributed by atoms with Crippen molar-refractivity contribution in [2.45, 2.75) is 37.3 Å². The number of nitro groups is 1. The molecule has 9 heteroatoms. The van der Waals surface area contributed by atoms with Crippen LogP contribution in [0.1, 0.15) is 46.7 Å². The van der Waals surface area contributed by atoms with Crippen LogP contribution in [0.4, 0.5) is 14.5 Å². The minimum absolute atomic E-state index is 0.00959. The summed E-state index contributed by atoms with van der Waals surface area (Å²) in [5.74, 6) is -1.00. The monoisotopic (exact) mass is 509 g/mol. The van der Waals surface area contributed by atoms with Crippen LogP contribution in [0.25, 0.3) is 0 Å². The molecule has 37 heavy (non-hydrogen) atoms. The highest BCUT2D eigenvalue weighted by Gasteiger charge is 2.29. The van der Waals surface area contributed by atoms with E-state index in [1.807, 2.05) is 0 Å². The highest BCUT2D eigenvalue weighted by atomic mass is 19.1. The van der Waals surface area contributed by atoms with E-state index in [2.05, 4.69) is 10.2 Å². The van der Waals surface area contributed by atoms with Crippen molar-refractivity contribution in [1.29, 1.82) is 0 Å². The first kappa shape index (κ1) is 26.4. The van der Waals surface area contributed by atoms with Gasteiger partial charge in [-0.3, -0.25) is 14.9 Å². The quantitative estimate of drug-likeness (QED) is 0.323. The lowest BCUT2D eigenvalue weighted by Crippen LogP contribution is -2.54. The molecular formula is C28H29F2N3O4. The number of amides is 1. The van der Waals surface area contributed by atoms with Crippen molar-refractivity contribution in [2.75, 3.05) is 19.6 Å². The molecule has 2 N–H and O–H groups in total. The first-order chi connectivity index (χ1) is 17.8. The topological polar surface area (TPSA) is 95.7 Å². The number of hydrogen-bond acceptors (Lipinski definition) is 5. The molecule has 3 aromatic carbocycles. The highest BCUT2D eigenvalue weighted by Crippen LogP contribution is 2.30. The van der Waals surface area contributed by atoms with Gasteiger partial charge in [-0.1, -0.05) is 24.3 Å². The second kappa shape index (κ2) is 12.0. The number of benzene rings is 3. The predicted octanol–water partition coefficient (Wildman–Crippen LogP) is 4.65. The smallest absolute Gasteiger partial charge is 0.269 e. The van der Waals surface area contributed by atoms with Gasteiger partial charge in [-0.15, -0.1) is 0 Å². The second-order valence-corrected chi connectivity index (χ2v) is 9.34. The summed E-state index contributed by atoms with van der Waals surface area (Å²) < 4.78 is 26.9. The van der Waals surface area contributed by atoms with Crippen molar-refractivity contribution in [3.63, 3.8) is 0 Å². The van der Waals surface area contributed by atoms with Gasteiger partial charge in [-0.05, 0) is 73.3 Å². The lowest BCUT2D eigenvalue weighted by molar-refractivity contribution is -0.384. The largest absolute Gasteiger partial charge is 0.390 e. The van der Waals surface area contributed by atoms with E-state index in [4.69, 9.17) is 0 Å². The Labute approximate surface area is 213 Å². The van der Waals surface area contributed by atoms with Crippen molar-refractivity contribution in [3.05, 3.63) is 111 Å². The summed E-state index contributed by atoms with van der Waals surface area (Å²) in [6.07, 6.45) is 1.40. The number of piperidine rings is 1. The van der Waals surface area contributed by atoms with Crippen LogP contribution in [0.2, 0.25) is 0 Å². The van der Waals surface area contributed by atoms with Crippen molar-refractivity contribution in [3.8, 4) is 0 Å². The lowest BCUT2D eigenvalue weighted by Gasteiger charge is -2.36. The molecule has 4 rings (SSSR count). The first-order valence-corrected chi connectivity index (χ1v) is 12.3. The normalized spacial score (nSPS) is 18.1. The number of rotatable bonds is 9. The van der Waals surface area contributed by atoms with Crippen LogP contribution < -0.4 is 5.32 Å². The minimum Gasteiger partial charge on any atom is -0.390 e. The van der Waals surface area contributed by atoms with Gasteiger partial charge in [0.15, 0.2) is 0 Å². The van der Waals surface area contributed by atoms with Gasteiger partial charge in [0.2, 0.25) is 0 Å². The van der Waals surface area contributed by atoms with Crippen LogP contribution in [-0.2, 0) is 0 Å². The molecule has 0 aromatic heterocycles. The van der Waals surface area contributed by atoms with Crippen molar-refractivity contribution in [1.82, 2.24) is 10.2 Å². The van der Waals surface area contributed by atoms with Gasteiger partial charge in [0.1, 0.15) is 11.6 Å². The Kier molecular flexibility index (Phi) is 8.58. The number of aliphatic hydroxyl groups excluding tert-OH is 1. The van der Waals surface area contributed by atoms with E-state index in [0.717, 1.165) is 30.5 Å².